The third-order valence-electron chi connectivity index (χ3n) is 4.62. The van der Waals surface area contributed by atoms with Gasteiger partial charge < -0.3 is 5.11 Å². The van der Waals surface area contributed by atoms with E-state index in [2.05, 4.69) is 52.8 Å². The summed E-state index contributed by atoms with van der Waals surface area (Å²) in [4.78, 5) is 0. The molecule has 98 valence electrons. The fourth-order valence-corrected chi connectivity index (χ4v) is 2.47. The van der Waals surface area contributed by atoms with Gasteiger partial charge in [-0.1, -0.05) is 58.4 Å². The summed E-state index contributed by atoms with van der Waals surface area (Å²) >= 11 is 0. The van der Waals surface area contributed by atoms with Gasteiger partial charge in [-0.25, -0.2) is 0 Å². The lowest BCUT2D eigenvalue weighted by atomic mass is 9.76. The highest BCUT2D eigenvalue weighted by Gasteiger charge is 2.33. The first-order valence-corrected chi connectivity index (χ1v) is 6.76. The van der Waals surface area contributed by atoms with Crippen molar-refractivity contribution in [3.05, 3.63) is 23.8 Å². The summed E-state index contributed by atoms with van der Waals surface area (Å²) < 4.78 is 0. The highest BCUT2D eigenvalue weighted by atomic mass is 16.3. The normalized spacial score (nSPS) is 26.3. The van der Waals surface area contributed by atoms with Crippen LogP contribution in [-0.2, 0) is 0 Å². The van der Waals surface area contributed by atoms with E-state index >= 15 is 0 Å². The molecular weight excluding hydrogens is 208 g/mol. The van der Waals surface area contributed by atoms with E-state index in [1.54, 1.807) is 0 Å². The second-order valence-electron chi connectivity index (χ2n) is 6.56. The molecule has 2 atom stereocenters. The van der Waals surface area contributed by atoms with Gasteiger partial charge in [0.15, 0.2) is 0 Å². The molecule has 0 aromatic heterocycles. The second kappa shape index (κ2) is 4.97. The third-order valence-corrected chi connectivity index (χ3v) is 4.62. The van der Waals surface area contributed by atoms with Crippen LogP contribution in [0.25, 0.3) is 0 Å². The van der Waals surface area contributed by atoms with E-state index in [-0.39, 0.29) is 16.9 Å². The number of aliphatic hydroxyl groups is 1. The molecule has 1 rings (SSSR count). The Morgan fingerprint density at radius 1 is 1.53 bits per heavy atom. The first-order chi connectivity index (χ1) is 7.71. The van der Waals surface area contributed by atoms with Crippen LogP contribution in [-0.4, -0.2) is 11.2 Å². The molecule has 0 radical (unpaired) electrons. The maximum atomic E-state index is 9.98. The summed E-state index contributed by atoms with van der Waals surface area (Å²) in [7, 11) is 0. The molecule has 0 heterocycles. The first-order valence-electron chi connectivity index (χ1n) is 6.76. The standard InChI is InChI=1S/C16H28O/c1-7-14(17)15(3,4)11-10-13-9-8-12(2)16(13,5)6/h8,10-11,13-14,17H,7,9H2,1-6H3/b11-10+/t13-,14+/m1/s1. The molecule has 1 nitrogen and oxygen atoms in total. The quantitative estimate of drug-likeness (QED) is 0.720. The fourth-order valence-electron chi connectivity index (χ4n) is 2.47. The number of allylic oxidation sites excluding steroid dienone is 3. The van der Waals surface area contributed by atoms with Crippen LogP contribution in [0.15, 0.2) is 23.8 Å². The monoisotopic (exact) mass is 236 g/mol. The van der Waals surface area contributed by atoms with Gasteiger partial charge in [-0.2, -0.15) is 0 Å². The van der Waals surface area contributed by atoms with Crippen LogP contribution in [0.2, 0.25) is 0 Å². The van der Waals surface area contributed by atoms with E-state index in [1.165, 1.54) is 5.57 Å². The predicted molar refractivity (Wildman–Crippen MR) is 74.9 cm³/mol. The summed E-state index contributed by atoms with van der Waals surface area (Å²) in [6.45, 7) is 13.1. The van der Waals surface area contributed by atoms with Crippen molar-refractivity contribution in [2.75, 3.05) is 0 Å². The zero-order chi connectivity index (χ0) is 13.3. The Morgan fingerprint density at radius 3 is 2.53 bits per heavy atom. The van der Waals surface area contributed by atoms with E-state index in [4.69, 9.17) is 0 Å². The molecule has 0 aliphatic heterocycles. The van der Waals surface area contributed by atoms with Gasteiger partial charge in [0, 0.05) is 5.41 Å². The molecule has 0 aromatic carbocycles. The van der Waals surface area contributed by atoms with Crippen molar-refractivity contribution in [2.45, 2.75) is 60.5 Å². The Kier molecular flexibility index (Phi) is 4.24. The van der Waals surface area contributed by atoms with Crippen LogP contribution < -0.4 is 0 Å². The molecule has 0 aromatic rings. The smallest absolute Gasteiger partial charge is 0.0622 e. The third kappa shape index (κ3) is 3.01. The average molecular weight is 236 g/mol. The minimum Gasteiger partial charge on any atom is -0.392 e. The summed E-state index contributed by atoms with van der Waals surface area (Å²) in [6.07, 6.45) is 8.55. The van der Waals surface area contributed by atoms with Crippen LogP contribution >= 0.6 is 0 Å². The van der Waals surface area contributed by atoms with E-state index in [9.17, 15) is 5.11 Å². The Morgan fingerprint density at radius 2 is 2.12 bits per heavy atom. The molecule has 1 N–H and O–H groups in total. The van der Waals surface area contributed by atoms with Gasteiger partial charge in [0.1, 0.15) is 0 Å². The molecule has 0 unspecified atom stereocenters. The molecule has 0 spiro atoms. The van der Waals surface area contributed by atoms with Crippen molar-refractivity contribution >= 4 is 0 Å². The molecule has 0 saturated carbocycles. The molecule has 1 aliphatic rings. The van der Waals surface area contributed by atoms with Crippen LogP contribution in [0, 0.1) is 16.7 Å². The lowest BCUT2D eigenvalue weighted by Gasteiger charge is -2.30. The van der Waals surface area contributed by atoms with Crippen molar-refractivity contribution in [1.29, 1.82) is 0 Å². The zero-order valence-corrected chi connectivity index (χ0v) is 12.2. The topological polar surface area (TPSA) is 20.2 Å². The van der Waals surface area contributed by atoms with E-state index < -0.39 is 0 Å². The summed E-state index contributed by atoms with van der Waals surface area (Å²) in [5.41, 5.74) is 1.63. The molecule has 1 heteroatoms. The Hall–Kier alpha value is -0.560. The number of hydrogen-bond donors (Lipinski definition) is 1. The van der Waals surface area contributed by atoms with E-state index in [0.29, 0.717) is 5.92 Å². The second-order valence-corrected chi connectivity index (χ2v) is 6.56. The number of aliphatic hydroxyl groups excluding tert-OH is 1. The first kappa shape index (κ1) is 14.5. The van der Waals surface area contributed by atoms with Crippen molar-refractivity contribution < 1.29 is 5.11 Å². The Bertz CT molecular complexity index is 320. The van der Waals surface area contributed by atoms with Gasteiger partial charge in [-0.3, -0.25) is 0 Å². The predicted octanol–water partition coefficient (Wildman–Crippen LogP) is 4.33. The van der Waals surface area contributed by atoms with Crippen molar-refractivity contribution in [2.24, 2.45) is 16.7 Å². The largest absolute Gasteiger partial charge is 0.392 e. The van der Waals surface area contributed by atoms with Gasteiger partial charge in [0.2, 0.25) is 0 Å². The molecule has 0 saturated heterocycles. The lowest BCUT2D eigenvalue weighted by Crippen LogP contribution is -2.27. The van der Waals surface area contributed by atoms with Gasteiger partial charge in [0.25, 0.3) is 0 Å². The lowest BCUT2D eigenvalue weighted by molar-refractivity contribution is 0.0780. The summed E-state index contributed by atoms with van der Waals surface area (Å²) in [5, 5.41) is 9.98. The molecule has 17 heavy (non-hydrogen) atoms. The summed E-state index contributed by atoms with van der Waals surface area (Å²) in [5.74, 6) is 0.575. The maximum absolute atomic E-state index is 9.98. The van der Waals surface area contributed by atoms with Crippen LogP contribution in [0.5, 0.6) is 0 Å². The molecule has 0 amide bonds. The zero-order valence-electron chi connectivity index (χ0n) is 12.2. The molecule has 0 fully saturated rings. The van der Waals surface area contributed by atoms with Crippen molar-refractivity contribution in [1.82, 2.24) is 0 Å². The summed E-state index contributed by atoms with van der Waals surface area (Å²) in [6, 6.07) is 0. The van der Waals surface area contributed by atoms with Crippen LogP contribution in [0.1, 0.15) is 54.4 Å². The van der Waals surface area contributed by atoms with Crippen molar-refractivity contribution in [3.63, 3.8) is 0 Å². The minimum atomic E-state index is -0.252. The number of rotatable bonds is 4. The molecule has 0 bridgehead atoms. The maximum Gasteiger partial charge on any atom is 0.0622 e. The highest BCUT2D eigenvalue weighted by molar-refractivity contribution is 5.22. The molecule has 1 aliphatic carbocycles. The Balaban J connectivity index is 2.74. The van der Waals surface area contributed by atoms with E-state index in [0.717, 1.165) is 12.8 Å². The van der Waals surface area contributed by atoms with Crippen molar-refractivity contribution in [3.8, 4) is 0 Å². The minimum absolute atomic E-state index is 0.124. The van der Waals surface area contributed by atoms with Gasteiger partial charge in [0.05, 0.1) is 6.10 Å². The average Bonchev–Trinajstić information content (AvgIpc) is 2.50. The SMILES string of the molecule is CC[C@H](O)C(C)(C)/C=C/[C@H]1CC=C(C)C1(C)C. The highest BCUT2D eigenvalue weighted by Crippen LogP contribution is 2.44. The van der Waals surface area contributed by atoms with Crippen LogP contribution in [0.3, 0.4) is 0 Å². The van der Waals surface area contributed by atoms with Gasteiger partial charge in [-0.05, 0) is 31.1 Å². The fraction of sp³-hybridized carbons (Fsp3) is 0.750. The van der Waals surface area contributed by atoms with Crippen LogP contribution in [0.4, 0.5) is 0 Å². The number of hydrogen-bond acceptors (Lipinski definition) is 1. The van der Waals surface area contributed by atoms with E-state index in [1.807, 2.05) is 6.92 Å². The van der Waals surface area contributed by atoms with Gasteiger partial charge in [-0.15, -0.1) is 0 Å². The molecular formula is C16H28O. The van der Waals surface area contributed by atoms with Gasteiger partial charge >= 0.3 is 0 Å². The Labute approximate surface area is 107 Å².